The lowest BCUT2D eigenvalue weighted by molar-refractivity contribution is 0.0951. The van der Waals surface area contributed by atoms with Crippen molar-refractivity contribution in [3.05, 3.63) is 83.2 Å². The first-order chi connectivity index (χ1) is 11.1. The van der Waals surface area contributed by atoms with Crippen molar-refractivity contribution in [3.63, 3.8) is 0 Å². The number of rotatable bonds is 4. The number of para-hydroxylation sites is 1. The number of hydrogen-bond donors (Lipinski definition) is 1. The van der Waals surface area contributed by atoms with Gasteiger partial charge in [-0.1, -0.05) is 42.0 Å². The normalized spacial score (nSPS) is 10.5. The van der Waals surface area contributed by atoms with Crippen molar-refractivity contribution in [1.82, 2.24) is 15.1 Å². The van der Waals surface area contributed by atoms with Crippen LogP contribution in [0.2, 0.25) is 0 Å². The SMILES string of the molecule is Cc1ccc(CNC(=O)c2cnn(-c3ccccc3)c2)c(C)c1. The van der Waals surface area contributed by atoms with Crippen LogP contribution < -0.4 is 5.32 Å². The fourth-order valence-corrected chi connectivity index (χ4v) is 2.48. The third-order valence-corrected chi connectivity index (χ3v) is 3.80. The van der Waals surface area contributed by atoms with Crippen LogP contribution in [0.5, 0.6) is 0 Å². The average Bonchev–Trinajstić information content (AvgIpc) is 3.05. The van der Waals surface area contributed by atoms with E-state index in [1.807, 2.05) is 30.3 Å². The highest BCUT2D eigenvalue weighted by Crippen LogP contribution is 2.11. The average molecular weight is 305 g/mol. The molecule has 1 aromatic heterocycles. The molecule has 0 spiro atoms. The Morgan fingerprint density at radius 3 is 2.65 bits per heavy atom. The molecule has 0 radical (unpaired) electrons. The largest absolute Gasteiger partial charge is 0.348 e. The van der Waals surface area contributed by atoms with E-state index in [-0.39, 0.29) is 5.91 Å². The van der Waals surface area contributed by atoms with E-state index in [9.17, 15) is 4.79 Å². The number of aryl methyl sites for hydroxylation is 2. The van der Waals surface area contributed by atoms with Crippen LogP contribution in [0.3, 0.4) is 0 Å². The van der Waals surface area contributed by atoms with Gasteiger partial charge in [0.15, 0.2) is 0 Å². The van der Waals surface area contributed by atoms with Crippen molar-refractivity contribution in [2.75, 3.05) is 0 Å². The van der Waals surface area contributed by atoms with Crippen LogP contribution in [0.15, 0.2) is 60.9 Å². The summed E-state index contributed by atoms with van der Waals surface area (Å²) in [4.78, 5) is 12.3. The van der Waals surface area contributed by atoms with Crippen LogP contribution in [0.25, 0.3) is 5.69 Å². The summed E-state index contributed by atoms with van der Waals surface area (Å²) in [6, 6.07) is 16.0. The molecule has 0 bridgehead atoms. The van der Waals surface area contributed by atoms with Gasteiger partial charge in [-0.25, -0.2) is 4.68 Å². The van der Waals surface area contributed by atoms with Crippen LogP contribution >= 0.6 is 0 Å². The number of nitrogens with one attached hydrogen (secondary N) is 1. The third kappa shape index (κ3) is 3.48. The van der Waals surface area contributed by atoms with Gasteiger partial charge < -0.3 is 5.32 Å². The number of benzene rings is 2. The zero-order chi connectivity index (χ0) is 16.2. The van der Waals surface area contributed by atoms with E-state index in [4.69, 9.17) is 0 Å². The summed E-state index contributed by atoms with van der Waals surface area (Å²) in [7, 11) is 0. The predicted molar refractivity (Wildman–Crippen MR) is 90.7 cm³/mol. The molecule has 1 amide bonds. The molecule has 3 rings (SSSR count). The van der Waals surface area contributed by atoms with E-state index < -0.39 is 0 Å². The lowest BCUT2D eigenvalue weighted by atomic mass is 10.1. The van der Waals surface area contributed by atoms with Gasteiger partial charge in [0.05, 0.1) is 17.4 Å². The van der Waals surface area contributed by atoms with Gasteiger partial charge in [-0.05, 0) is 37.1 Å². The maximum atomic E-state index is 12.3. The molecule has 23 heavy (non-hydrogen) atoms. The van der Waals surface area contributed by atoms with E-state index in [2.05, 4.69) is 42.5 Å². The molecule has 3 aromatic rings. The molecule has 0 fully saturated rings. The number of carbonyl (C=O) groups excluding carboxylic acids is 1. The predicted octanol–water partition coefficient (Wildman–Crippen LogP) is 3.42. The van der Waals surface area contributed by atoms with E-state index in [0.717, 1.165) is 11.3 Å². The molecule has 1 heterocycles. The molecule has 2 aromatic carbocycles. The maximum absolute atomic E-state index is 12.3. The molecule has 0 aliphatic carbocycles. The topological polar surface area (TPSA) is 46.9 Å². The molecule has 0 atom stereocenters. The molecule has 4 nitrogen and oxygen atoms in total. The van der Waals surface area contributed by atoms with Gasteiger partial charge in [-0.15, -0.1) is 0 Å². The second-order valence-corrected chi connectivity index (χ2v) is 5.62. The van der Waals surface area contributed by atoms with Crippen LogP contribution in [0.1, 0.15) is 27.0 Å². The first kappa shape index (κ1) is 15.0. The fourth-order valence-electron chi connectivity index (χ4n) is 2.48. The molecule has 0 saturated heterocycles. The number of aromatic nitrogens is 2. The molecule has 4 heteroatoms. The Hall–Kier alpha value is -2.88. The van der Waals surface area contributed by atoms with E-state index in [0.29, 0.717) is 12.1 Å². The van der Waals surface area contributed by atoms with Gasteiger partial charge in [0, 0.05) is 12.7 Å². The first-order valence-electron chi connectivity index (χ1n) is 7.58. The maximum Gasteiger partial charge on any atom is 0.254 e. The Kier molecular flexibility index (Phi) is 4.24. The van der Waals surface area contributed by atoms with E-state index >= 15 is 0 Å². The van der Waals surface area contributed by atoms with Crippen LogP contribution in [-0.4, -0.2) is 15.7 Å². The van der Waals surface area contributed by atoms with Crippen molar-refractivity contribution in [2.45, 2.75) is 20.4 Å². The van der Waals surface area contributed by atoms with Gasteiger partial charge in [-0.2, -0.15) is 5.10 Å². The summed E-state index contributed by atoms with van der Waals surface area (Å²) in [5.74, 6) is -0.118. The Morgan fingerprint density at radius 1 is 1.13 bits per heavy atom. The standard InChI is InChI=1S/C19H19N3O/c1-14-8-9-16(15(2)10-14)11-20-19(23)17-12-21-22(13-17)18-6-4-3-5-7-18/h3-10,12-13H,11H2,1-2H3,(H,20,23). The van der Waals surface area contributed by atoms with Gasteiger partial charge in [0.1, 0.15) is 0 Å². The van der Waals surface area contributed by atoms with Crippen molar-refractivity contribution in [3.8, 4) is 5.69 Å². The lowest BCUT2D eigenvalue weighted by Crippen LogP contribution is -2.22. The quantitative estimate of drug-likeness (QED) is 0.803. The molecule has 0 saturated carbocycles. The second kappa shape index (κ2) is 6.48. The Balaban J connectivity index is 1.68. The molecule has 1 N–H and O–H groups in total. The van der Waals surface area contributed by atoms with Crippen molar-refractivity contribution in [2.24, 2.45) is 0 Å². The van der Waals surface area contributed by atoms with Gasteiger partial charge >= 0.3 is 0 Å². The smallest absolute Gasteiger partial charge is 0.254 e. The highest BCUT2D eigenvalue weighted by atomic mass is 16.1. The zero-order valence-corrected chi connectivity index (χ0v) is 13.3. The zero-order valence-electron chi connectivity index (χ0n) is 13.3. The van der Waals surface area contributed by atoms with Gasteiger partial charge in [-0.3, -0.25) is 4.79 Å². The van der Waals surface area contributed by atoms with E-state index in [1.54, 1.807) is 17.1 Å². The van der Waals surface area contributed by atoms with Gasteiger partial charge in [0.25, 0.3) is 5.91 Å². The monoisotopic (exact) mass is 305 g/mol. The Bertz CT molecular complexity index is 822. The number of hydrogen-bond acceptors (Lipinski definition) is 2. The second-order valence-electron chi connectivity index (χ2n) is 5.62. The molecule has 0 unspecified atom stereocenters. The minimum absolute atomic E-state index is 0.118. The number of carbonyl (C=O) groups is 1. The van der Waals surface area contributed by atoms with Crippen molar-refractivity contribution in [1.29, 1.82) is 0 Å². The van der Waals surface area contributed by atoms with E-state index in [1.165, 1.54) is 11.1 Å². The highest BCUT2D eigenvalue weighted by Gasteiger charge is 2.09. The molecule has 0 aliphatic heterocycles. The van der Waals surface area contributed by atoms with Gasteiger partial charge in [0.2, 0.25) is 0 Å². The third-order valence-electron chi connectivity index (χ3n) is 3.80. The summed E-state index contributed by atoms with van der Waals surface area (Å²) in [6.07, 6.45) is 3.33. The summed E-state index contributed by atoms with van der Waals surface area (Å²) < 4.78 is 1.70. The summed E-state index contributed by atoms with van der Waals surface area (Å²) in [5.41, 5.74) is 5.02. The Labute approximate surface area is 135 Å². The van der Waals surface area contributed by atoms with Crippen molar-refractivity contribution < 1.29 is 4.79 Å². The number of amides is 1. The highest BCUT2D eigenvalue weighted by molar-refractivity contribution is 5.93. The molecule has 0 aliphatic rings. The minimum atomic E-state index is -0.118. The molecule has 116 valence electrons. The fraction of sp³-hybridized carbons (Fsp3) is 0.158. The van der Waals surface area contributed by atoms with Crippen LogP contribution in [0.4, 0.5) is 0 Å². The molecular weight excluding hydrogens is 286 g/mol. The summed E-state index contributed by atoms with van der Waals surface area (Å²) in [5, 5.41) is 7.20. The molecular formula is C19H19N3O. The number of nitrogens with zero attached hydrogens (tertiary/aromatic N) is 2. The summed E-state index contributed by atoms with van der Waals surface area (Å²) in [6.45, 7) is 4.64. The summed E-state index contributed by atoms with van der Waals surface area (Å²) >= 11 is 0. The Morgan fingerprint density at radius 2 is 1.91 bits per heavy atom. The lowest BCUT2D eigenvalue weighted by Gasteiger charge is -2.08. The van der Waals surface area contributed by atoms with Crippen LogP contribution in [0, 0.1) is 13.8 Å². The van der Waals surface area contributed by atoms with Crippen LogP contribution in [-0.2, 0) is 6.54 Å². The minimum Gasteiger partial charge on any atom is -0.348 e. The first-order valence-corrected chi connectivity index (χ1v) is 7.58. The van der Waals surface area contributed by atoms with Crippen molar-refractivity contribution >= 4 is 5.91 Å².